The number of amides is 1. The standard InChI is InChI=1S/C18H23FN4O2/c1-2-25-16-5-4-14(12-15(16)19)13-21-17(24)18(6-9-20-10-7-18)23-11-3-8-22-23/h3-5,8,11-12,20H,2,6-7,9-10,13H2,1H3,(H,21,24). The summed E-state index contributed by atoms with van der Waals surface area (Å²) in [6.07, 6.45) is 4.83. The number of carbonyl (C=O) groups is 1. The van der Waals surface area contributed by atoms with Crippen LogP contribution in [0.2, 0.25) is 0 Å². The Kier molecular flexibility index (Phi) is 5.33. The third-order valence-electron chi connectivity index (χ3n) is 4.55. The van der Waals surface area contributed by atoms with Crippen LogP contribution in [0.1, 0.15) is 25.3 Å². The molecule has 2 N–H and O–H groups in total. The average molecular weight is 346 g/mol. The van der Waals surface area contributed by atoms with Gasteiger partial charge < -0.3 is 15.4 Å². The van der Waals surface area contributed by atoms with Gasteiger partial charge in [-0.2, -0.15) is 5.10 Å². The maximum Gasteiger partial charge on any atom is 0.248 e. The predicted octanol–water partition coefficient (Wildman–Crippen LogP) is 1.82. The van der Waals surface area contributed by atoms with Gasteiger partial charge >= 0.3 is 0 Å². The molecule has 1 aliphatic rings. The molecule has 7 heteroatoms. The summed E-state index contributed by atoms with van der Waals surface area (Å²) in [5.74, 6) is -0.284. The SMILES string of the molecule is CCOc1ccc(CNC(=O)C2(n3cccn3)CCNCC2)cc1F. The number of hydrogen-bond acceptors (Lipinski definition) is 4. The zero-order chi connectivity index (χ0) is 17.7. The highest BCUT2D eigenvalue weighted by Crippen LogP contribution is 2.27. The lowest BCUT2D eigenvalue weighted by atomic mass is 9.87. The van der Waals surface area contributed by atoms with E-state index < -0.39 is 11.4 Å². The highest BCUT2D eigenvalue weighted by atomic mass is 19.1. The van der Waals surface area contributed by atoms with Crippen LogP contribution in [0.15, 0.2) is 36.7 Å². The van der Waals surface area contributed by atoms with Crippen molar-refractivity contribution in [2.24, 2.45) is 0 Å². The summed E-state index contributed by atoms with van der Waals surface area (Å²) in [5.41, 5.74) is -0.00249. The maximum atomic E-state index is 14.0. The van der Waals surface area contributed by atoms with E-state index >= 15 is 0 Å². The molecule has 0 unspecified atom stereocenters. The van der Waals surface area contributed by atoms with Gasteiger partial charge in [0.2, 0.25) is 5.91 Å². The molecule has 1 saturated heterocycles. The van der Waals surface area contributed by atoms with Crippen LogP contribution >= 0.6 is 0 Å². The lowest BCUT2D eigenvalue weighted by molar-refractivity contribution is -0.132. The van der Waals surface area contributed by atoms with E-state index in [0.29, 0.717) is 25.0 Å². The first kappa shape index (κ1) is 17.4. The number of benzene rings is 1. The van der Waals surface area contributed by atoms with Gasteiger partial charge in [-0.05, 0) is 56.6 Å². The van der Waals surface area contributed by atoms with Gasteiger partial charge in [-0.25, -0.2) is 4.39 Å². The van der Waals surface area contributed by atoms with Gasteiger partial charge in [-0.1, -0.05) is 6.07 Å². The first-order chi connectivity index (χ1) is 12.2. The van der Waals surface area contributed by atoms with Crippen molar-refractivity contribution in [2.45, 2.75) is 31.8 Å². The smallest absolute Gasteiger partial charge is 0.248 e. The molecule has 0 radical (unpaired) electrons. The van der Waals surface area contributed by atoms with Crippen molar-refractivity contribution in [3.05, 3.63) is 48.0 Å². The van der Waals surface area contributed by atoms with E-state index in [1.165, 1.54) is 6.07 Å². The minimum Gasteiger partial charge on any atom is -0.491 e. The second kappa shape index (κ2) is 7.65. The Morgan fingerprint density at radius 1 is 1.44 bits per heavy atom. The van der Waals surface area contributed by atoms with Crippen molar-refractivity contribution in [2.75, 3.05) is 19.7 Å². The number of carbonyl (C=O) groups excluding carboxylic acids is 1. The lowest BCUT2D eigenvalue weighted by Crippen LogP contribution is -2.54. The normalized spacial score (nSPS) is 16.4. The van der Waals surface area contributed by atoms with Crippen molar-refractivity contribution in [3.63, 3.8) is 0 Å². The monoisotopic (exact) mass is 346 g/mol. The van der Waals surface area contributed by atoms with Gasteiger partial charge in [0.15, 0.2) is 11.6 Å². The Morgan fingerprint density at radius 3 is 2.88 bits per heavy atom. The summed E-state index contributed by atoms with van der Waals surface area (Å²) in [6, 6.07) is 6.57. The fourth-order valence-electron chi connectivity index (χ4n) is 3.20. The molecule has 2 heterocycles. The summed E-state index contributed by atoms with van der Waals surface area (Å²) >= 11 is 0. The maximum absolute atomic E-state index is 14.0. The Labute approximate surface area is 146 Å². The summed E-state index contributed by atoms with van der Waals surface area (Å²) in [4.78, 5) is 12.9. The third-order valence-corrected chi connectivity index (χ3v) is 4.55. The molecule has 0 aliphatic carbocycles. The van der Waals surface area contributed by atoms with Crippen molar-refractivity contribution < 1.29 is 13.9 Å². The highest BCUT2D eigenvalue weighted by molar-refractivity contribution is 5.84. The van der Waals surface area contributed by atoms with E-state index in [4.69, 9.17) is 4.74 Å². The number of nitrogens with zero attached hydrogens (tertiary/aromatic N) is 2. The number of piperidine rings is 1. The number of rotatable bonds is 6. The Hall–Kier alpha value is -2.41. The van der Waals surface area contributed by atoms with Gasteiger partial charge in [0.1, 0.15) is 5.54 Å². The third kappa shape index (κ3) is 3.66. The zero-order valence-electron chi connectivity index (χ0n) is 14.3. The number of hydrogen-bond donors (Lipinski definition) is 2. The Balaban J connectivity index is 1.71. The number of halogens is 1. The van der Waals surface area contributed by atoms with Crippen LogP contribution in [0.3, 0.4) is 0 Å². The molecule has 1 aromatic heterocycles. The van der Waals surface area contributed by atoms with Crippen LogP contribution in [0.4, 0.5) is 4.39 Å². The Bertz CT molecular complexity index is 712. The molecule has 1 fully saturated rings. The summed E-state index contributed by atoms with van der Waals surface area (Å²) < 4.78 is 20.9. The number of nitrogens with one attached hydrogen (secondary N) is 2. The average Bonchev–Trinajstić information content (AvgIpc) is 3.17. The van der Waals surface area contributed by atoms with Gasteiger partial charge in [0, 0.05) is 18.9 Å². The van der Waals surface area contributed by atoms with E-state index in [1.54, 1.807) is 29.9 Å². The fraction of sp³-hybridized carbons (Fsp3) is 0.444. The second-order valence-electron chi connectivity index (χ2n) is 6.11. The van der Waals surface area contributed by atoms with E-state index in [9.17, 15) is 9.18 Å². The highest BCUT2D eigenvalue weighted by Gasteiger charge is 2.41. The zero-order valence-corrected chi connectivity index (χ0v) is 14.3. The first-order valence-corrected chi connectivity index (χ1v) is 8.56. The van der Waals surface area contributed by atoms with Gasteiger partial charge in [-0.3, -0.25) is 9.48 Å². The van der Waals surface area contributed by atoms with Crippen molar-refractivity contribution in [3.8, 4) is 5.75 Å². The van der Waals surface area contributed by atoms with E-state index in [-0.39, 0.29) is 18.2 Å². The molecule has 6 nitrogen and oxygen atoms in total. The van der Waals surface area contributed by atoms with Crippen molar-refractivity contribution in [1.29, 1.82) is 0 Å². The van der Waals surface area contributed by atoms with Crippen molar-refractivity contribution in [1.82, 2.24) is 20.4 Å². The molecule has 1 amide bonds. The second-order valence-corrected chi connectivity index (χ2v) is 6.11. The molecule has 1 aliphatic heterocycles. The molecule has 2 aromatic rings. The molecule has 0 atom stereocenters. The van der Waals surface area contributed by atoms with E-state index in [2.05, 4.69) is 15.7 Å². The van der Waals surface area contributed by atoms with E-state index in [0.717, 1.165) is 13.1 Å². The number of ether oxygens (including phenoxy) is 1. The minimum absolute atomic E-state index is 0.0907. The molecule has 1 aromatic carbocycles. The van der Waals surface area contributed by atoms with Crippen LogP contribution in [-0.4, -0.2) is 35.4 Å². The fourth-order valence-corrected chi connectivity index (χ4v) is 3.20. The van der Waals surface area contributed by atoms with Crippen LogP contribution in [0, 0.1) is 5.82 Å². The largest absolute Gasteiger partial charge is 0.491 e. The van der Waals surface area contributed by atoms with E-state index in [1.807, 2.05) is 12.3 Å². The molecular weight excluding hydrogens is 323 g/mol. The van der Waals surface area contributed by atoms with Gasteiger partial charge in [0.05, 0.1) is 6.61 Å². The van der Waals surface area contributed by atoms with Crippen LogP contribution in [0.5, 0.6) is 5.75 Å². The molecular formula is C18H23FN4O2. The lowest BCUT2D eigenvalue weighted by Gasteiger charge is -2.36. The predicted molar refractivity (Wildman–Crippen MR) is 91.7 cm³/mol. The van der Waals surface area contributed by atoms with Gasteiger partial charge in [-0.15, -0.1) is 0 Å². The molecule has 0 spiro atoms. The van der Waals surface area contributed by atoms with Crippen LogP contribution < -0.4 is 15.4 Å². The summed E-state index contributed by atoms with van der Waals surface area (Å²) in [7, 11) is 0. The molecule has 134 valence electrons. The quantitative estimate of drug-likeness (QED) is 0.837. The number of aromatic nitrogens is 2. The summed E-state index contributed by atoms with van der Waals surface area (Å²) in [5, 5.41) is 10.5. The summed E-state index contributed by atoms with van der Waals surface area (Å²) in [6.45, 7) is 3.99. The first-order valence-electron chi connectivity index (χ1n) is 8.56. The molecule has 0 bridgehead atoms. The van der Waals surface area contributed by atoms with Crippen molar-refractivity contribution >= 4 is 5.91 Å². The van der Waals surface area contributed by atoms with Gasteiger partial charge in [0.25, 0.3) is 0 Å². The topological polar surface area (TPSA) is 68.2 Å². The Morgan fingerprint density at radius 2 is 2.24 bits per heavy atom. The molecule has 0 saturated carbocycles. The van der Waals surface area contributed by atoms with Crippen LogP contribution in [-0.2, 0) is 16.9 Å². The van der Waals surface area contributed by atoms with Crippen LogP contribution in [0.25, 0.3) is 0 Å². The molecule has 3 rings (SSSR count). The minimum atomic E-state index is -0.696. The molecule has 25 heavy (non-hydrogen) atoms.